The molecule has 4 heteroatoms. The maximum absolute atomic E-state index is 5.92. The molecule has 1 aromatic rings. The summed E-state index contributed by atoms with van der Waals surface area (Å²) in [6.45, 7) is 5.22. The molecule has 90 valence electrons. The van der Waals surface area contributed by atoms with Crippen LogP contribution in [0.1, 0.15) is 11.6 Å². The van der Waals surface area contributed by atoms with Crippen molar-refractivity contribution >= 4 is 0 Å². The minimum atomic E-state index is 0.384. The maximum atomic E-state index is 5.92. The van der Waals surface area contributed by atoms with Crippen LogP contribution in [0.15, 0.2) is 18.5 Å². The SMILES string of the molecule is CN1CCN(C(CN)c2ccn(C)c2)CC1. The van der Waals surface area contributed by atoms with Gasteiger partial charge in [-0.15, -0.1) is 0 Å². The molecule has 1 saturated heterocycles. The van der Waals surface area contributed by atoms with Gasteiger partial charge in [0.25, 0.3) is 0 Å². The summed E-state index contributed by atoms with van der Waals surface area (Å²) in [5, 5.41) is 0. The first-order valence-electron chi connectivity index (χ1n) is 5.95. The first-order chi connectivity index (χ1) is 7.70. The molecule has 4 nitrogen and oxygen atoms in total. The highest BCUT2D eigenvalue weighted by molar-refractivity contribution is 5.16. The van der Waals surface area contributed by atoms with Crippen LogP contribution in [0, 0.1) is 0 Å². The van der Waals surface area contributed by atoms with E-state index in [4.69, 9.17) is 5.73 Å². The van der Waals surface area contributed by atoms with Gasteiger partial charge >= 0.3 is 0 Å². The van der Waals surface area contributed by atoms with Crippen LogP contribution in [0.25, 0.3) is 0 Å². The normalized spacial score (nSPS) is 21.2. The number of rotatable bonds is 3. The van der Waals surface area contributed by atoms with Crippen LogP contribution in [-0.4, -0.2) is 54.1 Å². The van der Waals surface area contributed by atoms with Crippen molar-refractivity contribution in [2.24, 2.45) is 12.8 Å². The molecule has 2 heterocycles. The molecule has 1 aliphatic rings. The van der Waals surface area contributed by atoms with E-state index in [2.05, 4.69) is 46.9 Å². The van der Waals surface area contributed by atoms with Crippen molar-refractivity contribution in [3.8, 4) is 0 Å². The zero-order valence-corrected chi connectivity index (χ0v) is 10.3. The van der Waals surface area contributed by atoms with Gasteiger partial charge in [0.15, 0.2) is 0 Å². The number of piperazine rings is 1. The third-order valence-corrected chi connectivity index (χ3v) is 3.44. The average Bonchev–Trinajstić information content (AvgIpc) is 2.69. The van der Waals surface area contributed by atoms with Crippen LogP contribution in [-0.2, 0) is 7.05 Å². The second kappa shape index (κ2) is 4.99. The van der Waals surface area contributed by atoms with E-state index in [0.29, 0.717) is 12.6 Å². The van der Waals surface area contributed by atoms with Gasteiger partial charge in [-0.3, -0.25) is 4.90 Å². The van der Waals surface area contributed by atoms with Gasteiger partial charge in [-0.25, -0.2) is 0 Å². The summed E-state index contributed by atoms with van der Waals surface area (Å²) in [5.41, 5.74) is 7.26. The van der Waals surface area contributed by atoms with Gasteiger partial charge in [0.05, 0.1) is 0 Å². The molecule has 1 aromatic heterocycles. The van der Waals surface area contributed by atoms with Crippen molar-refractivity contribution in [1.29, 1.82) is 0 Å². The number of nitrogens with two attached hydrogens (primary N) is 1. The molecule has 0 amide bonds. The van der Waals surface area contributed by atoms with Crippen LogP contribution in [0.3, 0.4) is 0 Å². The van der Waals surface area contributed by atoms with E-state index in [-0.39, 0.29) is 0 Å². The molecule has 2 rings (SSSR count). The third kappa shape index (κ3) is 2.45. The van der Waals surface area contributed by atoms with Crippen molar-refractivity contribution in [3.63, 3.8) is 0 Å². The maximum Gasteiger partial charge on any atom is 0.0486 e. The Morgan fingerprint density at radius 2 is 1.94 bits per heavy atom. The van der Waals surface area contributed by atoms with Crippen LogP contribution < -0.4 is 5.73 Å². The first kappa shape index (κ1) is 11.6. The van der Waals surface area contributed by atoms with Gasteiger partial charge in [-0.1, -0.05) is 0 Å². The smallest absolute Gasteiger partial charge is 0.0486 e. The second-order valence-electron chi connectivity index (χ2n) is 4.70. The Bertz CT molecular complexity index is 326. The molecular formula is C12H22N4. The highest BCUT2D eigenvalue weighted by Crippen LogP contribution is 2.20. The van der Waals surface area contributed by atoms with Crippen molar-refractivity contribution in [1.82, 2.24) is 14.4 Å². The lowest BCUT2D eigenvalue weighted by molar-refractivity contribution is 0.114. The number of hydrogen-bond donors (Lipinski definition) is 1. The highest BCUT2D eigenvalue weighted by Gasteiger charge is 2.22. The summed E-state index contributed by atoms with van der Waals surface area (Å²) in [4.78, 5) is 4.87. The standard InChI is InChI=1S/C12H22N4/c1-14-5-7-16(8-6-14)12(9-13)11-3-4-15(2)10-11/h3-4,10,12H,5-9,13H2,1-2H3. The van der Waals surface area contributed by atoms with E-state index in [1.165, 1.54) is 5.56 Å². The lowest BCUT2D eigenvalue weighted by Crippen LogP contribution is -2.47. The zero-order valence-electron chi connectivity index (χ0n) is 10.3. The summed E-state index contributed by atoms with van der Waals surface area (Å²) in [6.07, 6.45) is 4.27. The molecule has 2 N–H and O–H groups in total. The molecule has 16 heavy (non-hydrogen) atoms. The molecule has 0 spiro atoms. The van der Waals surface area contributed by atoms with E-state index < -0.39 is 0 Å². The molecule has 0 aromatic carbocycles. The molecule has 0 radical (unpaired) electrons. The van der Waals surface area contributed by atoms with Crippen molar-refractivity contribution in [2.75, 3.05) is 39.8 Å². The van der Waals surface area contributed by atoms with Crippen LogP contribution >= 0.6 is 0 Å². The summed E-state index contributed by atoms with van der Waals surface area (Å²) < 4.78 is 2.09. The van der Waals surface area contributed by atoms with Crippen LogP contribution in [0.4, 0.5) is 0 Å². The van der Waals surface area contributed by atoms with Gasteiger partial charge in [0.2, 0.25) is 0 Å². The average molecular weight is 222 g/mol. The van der Waals surface area contributed by atoms with E-state index >= 15 is 0 Å². The molecular weight excluding hydrogens is 200 g/mol. The number of aryl methyl sites for hydroxylation is 1. The second-order valence-corrected chi connectivity index (χ2v) is 4.70. The summed E-state index contributed by atoms with van der Waals surface area (Å²) in [5.74, 6) is 0. The lowest BCUT2D eigenvalue weighted by Gasteiger charge is -2.37. The molecule has 1 unspecified atom stereocenters. The summed E-state index contributed by atoms with van der Waals surface area (Å²) in [7, 11) is 4.23. The molecule has 0 saturated carbocycles. The predicted octanol–water partition coefficient (Wildman–Crippen LogP) is 0.272. The fourth-order valence-corrected chi connectivity index (χ4v) is 2.35. The number of hydrogen-bond acceptors (Lipinski definition) is 3. The Labute approximate surface area is 97.6 Å². The van der Waals surface area contributed by atoms with Gasteiger partial charge in [0, 0.05) is 58.2 Å². The zero-order chi connectivity index (χ0) is 11.5. The largest absolute Gasteiger partial charge is 0.357 e. The Morgan fingerprint density at radius 3 is 2.44 bits per heavy atom. The lowest BCUT2D eigenvalue weighted by atomic mass is 10.1. The molecule has 1 fully saturated rings. The molecule has 1 aliphatic heterocycles. The Hall–Kier alpha value is -0.840. The Balaban J connectivity index is 2.05. The molecule has 1 atom stereocenters. The fourth-order valence-electron chi connectivity index (χ4n) is 2.35. The third-order valence-electron chi connectivity index (χ3n) is 3.44. The van der Waals surface area contributed by atoms with E-state index in [9.17, 15) is 0 Å². The number of aromatic nitrogens is 1. The predicted molar refractivity (Wildman–Crippen MR) is 66.3 cm³/mol. The van der Waals surface area contributed by atoms with Gasteiger partial charge < -0.3 is 15.2 Å². The topological polar surface area (TPSA) is 37.4 Å². The van der Waals surface area contributed by atoms with Crippen molar-refractivity contribution in [3.05, 3.63) is 24.0 Å². The quantitative estimate of drug-likeness (QED) is 0.798. The van der Waals surface area contributed by atoms with E-state index in [1.807, 2.05) is 0 Å². The molecule has 0 bridgehead atoms. The van der Waals surface area contributed by atoms with E-state index in [0.717, 1.165) is 26.2 Å². The van der Waals surface area contributed by atoms with Crippen LogP contribution in [0.5, 0.6) is 0 Å². The van der Waals surface area contributed by atoms with Crippen LogP contribution in [0.2, 0.25) is 0 Å². The van der Waals surface area contributed by atoms with Crippen molar-refractivity contribution < 1.29 is 0 Å². The first-order valence-corrected chi connectivity index (χ1v) is 5.95. The Kier molecular flexibility index (Phi) is 3.63. The number of nitrogens with zero attached hydrogens (tertiary/aromatic N) is 3. The van der Waals surface area contributed by atoms with Gasteiger partial charge in [-0.2, -0.15) is 0 Å². The van der Waals surface area contributed by atoms with Crippen molar-refractivity contribution in [2.45, 2.75) is 6.04 Å². The monoisotopic (exact) mass is 222 g/mol. The minimum Gasteiger partial charge on any atom is -0.357 e. The summed E-state index contributed by atoms with van der Waals surface area (Å²) in [6, 6.07) is 2.56. The molecule has 0 aliphatic carbocycles. The highest BCUT2D eigenvalue weighted by atomic mass is 15.3. The fraction of sp³-hybridized carbons (Fsp3) is 0.667. The minimum absolute atomic E-state index is 0.384. The number of likely N-dealkylation sites (N-methyl/N-ethyl adjacent to an activating group) is 1. The van der Waals surface area contributed by atoms with Gasteiger partial charge in [0.1, 0.15) is 0 Å². The van der Waals surface area contributed by atoms with E-state index in [1.54, 1.807) is 0 Å². The Morgan fingerprint density at radius 1 is 1.25 bits per heavy atom. The summed E-state index contributed by atoms with van der Waals surface area (Å²) >= 11 is 0. The van der Waals surface area contributed by atoms with Gasteiger partial charge in [-0.05, 0) is 18.7 Å².